The van der Waals surface area contributed by atoms with Crippen LogP contribution in [-0.4, -0.2) is 60.4 Å². The third-order valence-electron chi connectivity index (χ3n) is 8.60. The largest absolute Gasteiger partial charge is 0.312 e. The molecule has 3 N–H and O–H groups in total. The molecule has 4 unspecified atom stereocenters. The lowest BCUT2D eigenvalue weighted by Crippen LogP contribution is -2.52. The smallest absolute Gasteiger partial charge is 0.144 e. The van der Waals surface area contributed by atoms with Crippen LogP contribution in [0.1, 0.15) is 66.2 Å². The van der Waals surface area contributed by atoms with E-state index in [1.165, 1.54) is 50.1 Å². The monoisotopic (exact) mass is 490 g/mol. The van der Waals surface area contributed by atoms with Crippen molar-refractivity contribution < 1.29 is 0 Å². The highest BCUT2D eigenvalue weighted by atomic mass is 35.5. The van der Waals surface area contributed by atoms with E-state index in [1.54, 1.807) is 0 Å². The molecule has 4 aliphatic rings. The van der Waals surface area contributed by atoms with Gasteiger partial charge in [-0.15, -0.1) is 22.2 Å². The van der Waals surface area contributed by atoms with Crippen LogP contribution in [0.15, 0.2) is 28.9 Å². The fourth-order valence-corrected chi connectivity index (χ4v) is 6.75. The van der Waals surface area contributed by atoms with Gasteiger partial charge in [-0.25, -0.2) is 5.53 Å². The Bertz CT molecular complexity index is 775. The van der Waals surface area contributed by atoms with E-state index in [0.29, 0.717) is 23.8 Å². The first-order valence-electron chi connectivity index (χ1n) is 13.5. The summed E-state index contributed by atoms with van der Waals surface area (Å²) >= 11 is 6.28. The van der Waals surface area contributed by atoms with E-state index < -0.39 is 0 Å². The zero-order chi connectivity index (χ0) is 24.3. The molecule has 0 amide bonds. The van der Waals surface area contributed by atoms with Crippen LogP contribution in [0.5, 0.6) is 0 Å². The van der Waals surface area contributed by atoms with E-state index in [9.17, 15) is 0 Å². The number of hydrogen-bond donors (Lipinski definition) is 3. The van der Waals surface area contributed by atoms with E-state index in [0.717, 1.165) is 32.0 Å². The van der Waals surface area contributed by atoms with E-state index in [-0.39, 0.29) is 10.8 Å². The van der Waals surface area contributed by atoms with Gasteiger partial charge >= 0.3 is 0 Å². The molecule has 0 spiro atoms. The highest BCUT2D eigenvalue weighted by Crippen LogP contribution is 2.41. The quantitative estimate of drug-likeness (QED) is 0.437. The average molecular weight is 491 g/mol. The third-order valence-corrected chi connectivity index (χ3v) is 8.92. The first kappa shape index (κ1) is 26.0. The topological polar surface area (TPSA) is 54.9 Å². The van der Waals surface area contributed by atoms with Crippen LogP contribution in [0, 0.1) is 29.1 Å². The van der Waals surface area contributed by atoms with Crippen molar-refractivity contribution in [3.63, 3.8) is 0 Å². The maximum absolute atomic E-state index is 6.28. The summed E-state index contributed by atoms with van der Waals surface area (Å²) in [5.74, 6) is 3.72. The SMILES string of the molecule is CC(C)[C@H](CN1CCC(C2=CCC(Cl)C=C2)C(C)(C)C1)NCC1CCCC(C2=NNNN2C)C1. The van der Waals surface area contributed by atoms with E-state index in [4.69, 9.17) is 11.6 Å². The Morgan fingerprint density at radius 3 is 2.74 bits per heavy atom. The van der Waals surface area contributed by atoms with Crippen LogP contribution in [0.3, 0.4) is 0 Å². The molecule has 7 heteroatoms. The Hall–Kier alpha value is -1.08. The number of allylic oxidation sites excluding steroid dienone is 4. The molecule has 1 saturated carbocycles. The van der Waals surface area contributed by atoms with E-state index >= 15 is 0 Å². The Morgan fingerprint density at radius 1 is 1.26 bits per heavy atom. The van der Waals surface area contributed by atoms with Gasteiger partial charge in [-0.05, 0) is 73.9 Å². The minimum atomic E-state index is 0.171. The van der Waals surface area contributed by atoms with Crippen molar-refractivity contribution in [2.75, 3.05) is 33.2 Å². The standard InChI is InChI=1S/C27H47ClN6/c1-19(2)25(29-16-20-7-6-8-22(15-20)26-30-31-32-33(26)5)17-34-14-13-24(27(3,4)18-34)21-9-11-23(28)12-10-21/h9-11,19-20,22-25,29,31-32H,6-8,12-18H2,1-5H3/t20?,22?,23?,24?,25-/m0/s1. The van der Waals surface area contributed by atoms with Crippen LogP contribution < -0.4 is 16.4 Å². The summed E-state index contributed by atoms with van der Waals surface area (Å²) in [5.41, 5.74) is 7.77. The first-order valence-corrected chi connectivity index (χ1v) is 14.0. The van der Waals surface area contributed by atoms with Crippen molar-refractivity contribution >= 4 is 17.4 Å². The van der Waals surface area contributed by atoms with Gasteiger partial charge in [0, 0.05) is 32.1 Å². The lowest BCUT2D eigenvalue weighted by molar-refractivity contribution is 0.0623. The minimum Gasteiger partial charge on any atom is -0.312 e. The molecule has 1 saturated heterocycles. The molecule has 2 aliphatic carbocycles. The van der Waals surface area contributed by atoms with Crippen molar-refractivity contribution in [2.24, 2.45) is 34.2 Å². The average Bonchev–Trinajstić information content (AvgIpc) is 3.23. The number of hydrazone groups is 1. The van der Waals surface area contributed by atoms with Crippen molar-refractivity contribution in [1.29, 1.82) is 0 Å². The van der Waals surface area contributed by atoms with Crippen LogP contribution in [0.4, 0.5) is 0 Å². The number of hydrazine groups is 2. The molecule has 0 aromatic carbocycles. The molecule has 2 aliphatic heterocycles. The van der Waals surface area contributed by atoms with Crippen LogP contribution >= 0.6 is 11.6 Å². The summed E-state index contributed by atoms with van der Waals surface area (Å²) in [5, 5.41) is 10.7. The van der Waals surface area contributed by atoms with Crippen LogP contribution in [-0.2, 0) is 0 Å². The Morgan fingerprint density at radius 2 is 2.09 bits per heavy atom. The van der Waals surface area contributed by atoms with Crippen LogP contribution in [0.25, 0.3) is 0 Å². The highest BCUT2D eigenvalue weighted by Gasteiger charge is 2.38. The van der Waals surface area contributed by atoms with Crippen molar-refractivity contribution in [2.45, 2.75) is 77.6 Å². The number of halogens is 1. The lowest BCUT2D eigenvalue weighted by Gasteiger charge is -2.46. The molecule has 2 fully saturated rings. The summed E-state index contributed by atoms with van der Waals surface area (Å²) in [6.07, 6.45) is 14.2. The van der Waals surface area contributed by atoms with Gasteiger partial charge in [0.15, 0.2) is 0 Å². The van der Waals surface area contributed by atoms with Gasteiger partial charge in [-0.1, -0.05) is 52.3 Å². The second-order valence-electron chi connectivity index (χ2n) is 12.1. The van der Waals surface area contributed by atoms with Gasteiger partial charge in [0.1, 0.15) is 5.84 Å². The number of nitrogens with one attached hydrogen (secondary N) is 3. The van der Waals surface area contributed by atoms with Gasteiger partial charge in [-0.2, -0.15) is 0 Å². The van der Waals surface area contributed by atoms with Crippen molar-refractivity contribution in [1.82, 2.24) is 26.3 Å². The van der Waals surface area contributed by atoms with Gasteiger partial charge in [-0.3, -0.25) is 5.01 Å². The molecule has 6 nitrogen and oxygen atoms in total. The molecule has 0 bridgehead atoms. The second kappa shape index (κ2) is 11.3. The summed E-state index contributed by atoms with van der Waals surface area (Å²) in [4.78, 5) is 2.72. The summed E-state index contributed by atoms with van der Waals surface area (Å²) in [6.45, 7) is 14.3. The zero-order valence-electron chi connectivity index (χ0n) is 22.0. The van der Waals surface area contributed by atoms with E-state index in [2.05, 4.69) is 79.4 Å². The zero-order valence-corrected chi connectivity index (χ0v) is 22.7. The molecule has 34 heavy (non-hydrogen) atoms. The summed E-state index contributed by atoms with van der Waals surface area (Å²) in [6, 6.07) is 0.536. The number of hydrogen-bond acceptors (Lipinski definition) is 6. The predicted molar refractivity (Wildman–Crippen MR) is 143 cm³/mol. The van der Waals surface area contributed by atoms with Crippen molar-refractivity contribution in [3.8, 4) is 0 Å². The van der Waals surface area contributed by atoms with Gasteiger partial charge in [0.05, 0.1) is 5.38 Å². The molecule has 192 valence electrons. The fourth-order valence-electron chi connectivity index (χ4n) is 6.58. The van der Waals surface area contributed by atoms with Gasteiger partial charge in [0.2, 0.25) is 0 Å². The normalized spacial score (nSPS) is 33.0. The van der Waals surface area contributed by atoms with E-state index in [1.807, 2.05) is 5.01 Å². The maximum atomic E-state index is 6.28. The highest BCUT2D eigenvalue weighted by molar-refractivity contribution is 6.22. The maximum Gasteiger partial charge on any atom is 0.144 e. The predicted octanol–water partition coefficient (Wildman–Crippen LogP) is 4.52. The number of piperidine rings is 1. The molecule has 0 radical (unpaired) electrons. The molecular weight excluding hydrogens is 444 g/mol. The number of rotatable bonds is 8. The Kier molecular flexibility index (Phi) is 8.66. The molecule has 5 atom stereocenters. The van der Waals surface area contributed by atoms with Crippen molar-refractivity contribution in [3.05, 3.63) is 23.8 Å². The minimum absolute atomic E-state index is 0.171. The second-order valence-corrected chi connectivity index (χ2v) is 12.7. The molecule has 4 rings (SSSR count). The Labute approximate surface area is 212 Å². The molecule has 0 aromatic heterocycles. The van der Waals surface area contributed by atoms with Crippen LogP contribution in [0.2, 0.25) is 0 Å². The molecular formula is C27H47ClN6. The summed E-state index contributed by atoms with van der Waals surface area (Å²) < 4.78 is 0. The molecule has 0 aromatic rings. The van der Waals surface area contributed by atoms with Gasteiger partial charge in [0.25, 0.3) is 0 Å². The third kappa shape index (κ3) is 6.37. The number of likely N-dealkylation sites (tertiary alicyclic amines) is 1. The number of nitrogens with zero attached hydrogens (tertiary/aromatic N) is 3. The Balaban J connectivity index is 1.28. The lowest BCUT2D eigenvalue weighted by atomic mass is 9.69. The summed E-state index contributed by atoms with van der Waals surface area (Å²) in [7, 11) is 2.05. The number of amidine groups is 1. The van der Waals surface area contributed by atoms with Gasteiger partial charge < -0.3 is 10.2 Å². The molecule has 2 heterocycles. The first-order chi connectivity index (χ1) is 16.2. The fraction of sp³-hybridized carbons (Fsp3) is 0.815. The number of alkyl halides is 1.